The quantitative estimate of drug-likeness (QED) is 0.485. The number of aliphatic hydroxyl groups excluding tert-OH is 1. The molecule has 1 nitrogen and oxygen atoms in total. The van der Waals surface area contributed by atoms with Gasteiger partial charge in [-0.15, -0.1) is 0 Å². The van der Waals surface area contributed by atoms with E-state index in [0.717, 1.165) is 18.3 Å². The van der Waals surface area contributed by atoms with Gasteiger partial charge in [0.25, 0.3) is 0 Å². The van der Waals surface area contributed by atoms with E-state index in [2.05, 4.69) is 13.8 Å². The number of rotatable bonds is 3. The maximum Gasteiger partial charge on any atom is 0.0820 e. The van der Waals surface area contributed by atoms with Crippen LogP contribution in [0.3, 0.4) is 0 Å². The van der Waals surface area contributed by atoms with Crippen molar-refractivity contribution in [3.8, 4) is 0 Å². The monoisotopic (exact) mass is 152 g/mol. The predicted molar refractivity (Wildman–Crippen MR) is 49.6 cm³/mol. The van der Waals surface area contributed by atoms with Crippen LogP contribution in [0.1, 0.15) is 27.2 Å². The first-order valence-electron chi connectivity index (χ1n) is 3.85. The Labute approximate surface area is 68.7 Å². The molecular weight excluding hydrogens is 136 g/mol. The van der Waals surface area contributed by atoms with Gasteiger partial charge >= 0.3 is 0 Å². The normalized spacial score (nSPS) is 14.5. The van der Waals surface area contributed by atoms with Crippen molar-refractivity contribution in [2.75, 3.05) is 0 Å². The Morgan fingerprint density at radius 1 is 1.36 bits per heavy atom. The molecule has 11 heavy (non-hydrogen) atoms. The number of aliphatic hydroxyl groups is 1. The Bertz CT molecular complexity index is 185. The average molecular weight is 152 g/mol. The summed E-state index contributed by atoms with van der Waals surface area (Å²) in [4.78, 5) is 0. The molecule has 0 aliphatic carbocycles. The van der Waals surface area contributed by atoms with Crippen LogP contribution in [0.25, 0.3) is 0 Å². The molecule has 62 valence electrons. The zero-order valence-corrected chi connectivity index (χ0v) is 7.46. The molecule has 0 fully saturated rings. The molecule has 0 atom stereocenters. The minimum Gasteiger partial charge on any atom is -0.515 e. The van der Waals surface area contributed by atoms with Crippen molar-refractivity contribution in [3.63, 3.8) is 0 Å². The highest BCUT2D eigenvalue weighted by Crippen LogP contribution is 1.99. The van der Waals surface area contributed by atoms with Crippen molar-refractivity contribution >= 4 is 0 Å². The summed E-state index contributed by atoms with van der Waals surface area (Å²) in [5, 5.41) is 8.52. The molecule has 0 aromatic carbocycles. The molecule has 0 aliphatic heterocycles. The van der Waals surface area contributed by atoms with Gasteiger partial charge in [0.2, 0.25) is 0 Å². The van der Waals surface area contributed by atoms with Gasteiger partial charge in [0.15, 0.2) is 0 Å². The molecule has 0 aromatic heterocycles. The van der Waals surface area contributed by atoms with Gasteiger partial charge in [-0.05, 0) is 25.8 Å². The molecule has 0 rings (SSSR count). The summed E-state index contributed by atoms with van der Waals surface area (Å²) < 4.78 is 0. The topological polar surface area (TPSA) is 20.2 Å². The molecule has 0 radical (unpaired) electrons. The molecule has 0 bridgehead atoms. The summed E-state index contributed by atoms with van der Waals surface area (Å²) in [6.07, 6.45) is 8.05. The molecule has 1 heteroatoms. The highest BCUT2D eigenvalue weighted by Gasteiger charge is 1.79. The summed E-state index contributed by atoms with van der Waals surface area (Å²) in [5.74, 6) is 0. The summed E-state index contributed by atoms with van der Waals surface area (Å²) in [5.41, 5.74) is 2.21. The van der Waals surface area contributed by atoms with Gasteiger partial charge in [-0.3, -0.25) is 0 Å². The maximum atomic E-state index is 8.52. The van der Waals surface area contributed by atoms with E-state index < -0.39 is 0 Å². The second-order valence-electron chi connectivity index (χ2n) is 2.60. The summed E-state index contributed by atoms with van der Waals surface area (Å²) >= 11 is 0. The van der Waals surface area contributed by atoms with Crippen molar-refractivity contribution in [1.82, 2.24) is 0 Å². The molecule has 0 aliphatic rings. The Kier molecular flexibility index (Phi) is 5.26. The zero-order valence-electron chi connectivity index (χ0n) is 7.46. The molecule has 0 spiro atoms. The van der Waals surface area contributed by atoms with Crippen LogP contribution in [-0.4, -0.2) is 5.11 Å². The van der Waals surface area contributed by atoms with Crippen molar-refractivity contribution in [3.05, 3.63) is 35.6 Å². The zero-order chi connectivity index (χ0) is 8.69. The third-order valence-electron chi connectivity index (χ3n) is 1.50. The van der Waals surface area contributed by atoms with Gasteiger partial charge in [-0.1, -0.05) is 30.7 Å². The van der Waals surface area contributed by atoms with Crippen molar-refractivity contribution < 1.29 is 5.11 Å². The van der Waals surface area contributed by atoms with Crippen LogP contribution >= 0.6 is 0 Å². The first-order valence-corrected chi connectivity index (χ1v) is 3.85. The molecule has 0 saturated carbocycles. The summed E-state index contributed by atoms with van der Waals surface area (Å²) in [6, 6.07) is 0. The lowest BCUT2D eigenvalue weighted by molar-refractivity contribution is 0.469. The van der Waals surface area contributed by atoms with Crippen LogP contribution in [0, 0.1) is 0 Å². The minimum atomic E-state index is 0.866. The molecule has 0 saturated heterocycles. The second-order valence-corrected chi connectivity index (χ2v) is 2.60. The SMILES string of the molecule is CCC(C)=CC=CC(C)=CO. The first-order chi connectivity index (χ1) is 5.20. The van der Waals surface area contributed by atoms with E-state index in [1.54, 1.807) is 0 Å². The van der Waals surface area contributed by atoms with Gasteiger partial charge in [-0.25, -0.2) is 0 Å². The third kappa shape index (κ3) is 5.46. The van der Waals surface area contributed by atoms with Crippen molar-refractivity contribution in [2.45, 2.75) is 27.2 Å². The van der Waals surface area contributed by atoms with Crippen molar-refractivity contribution in [2.24, 2.45) is 0 Å². The van der Waals surface area contributed by atoms with Gasteiger partial charge in [0.05, 0.1) is 6.26 Å². The van der Waals surface area contributed by atoms with Crippen LogP contribution in [0.15, 0.2) is 35.6 Å². The fourth-order valence-corrected chi connectivity index (χ4v) is 0.525. The standard InChI is InChI=1S/C10H16O/c1-4-9(2)6-5-7-10(3)8-11/h5-8,11H,4H2,1-3H3. The Morgan fingerprint density at radius 3 is 2.45 bits per heavy atom. The van der Waals surface area contributed by atoms with Gasteiger partial charge < -0.3 is 5.11 Å². The van der Waals surface area contributed by atoms with Gasteiger partial charge in [0, 0.05) is 0 Å². The fourth-order valence-electron chi connectivity index (χ4n) is 0.525. The van der Waals surface area contributed by atoms with E-state index in [-0.39, 0.29) is 0 Å². The van der Waals surface area contributed by atoms with E-state index in [0.29, 0.717) is 0 Å². The largest absolute Gasteiger partial charge is 0.515 e. The summed E-state index contributed by atoms with van der Waals surface area (Å²) in [7, 11) is 0. The molecule has 1 N–H and O–H groups in total. The predicted octanol–water partition coefficient (Wildman–Crippen LogP) is 3.36. The minimum absolute atomic E-state index is 0.866. The summed E-state index contributed by atoms with van der Waals surface area (Å²) in [6.45, 7) is 6.06. The smallest absolute Gasteiger partial charge is 0.0820 e. The fraction of sp³-hybridized carbons (Fsp3) is 0.400. The lowest BCUT2D eigenvalue weighted by atomic mass is 10.2. The number of hydrogen-bond acceptors (Lipinski definition) is 1. The molecular formula is C10H16O. The van der Waals surface area contributed by atoms with Crippen LogP contribution in [0.2, 0.25) is 0 Å². The Hall–Kier alpha value is -0.980. The number of allylic oxidation sites excluding steroid dienone is 5. The molecule has 0 unspecified atom stereocenters. The second kappa shape index (κ2) is 5.78. The van der Waals surface area contributed by atoms with Crippen LogP contribution in [0.4, 0.5) is 0 Å². The molecule has 0 aromatic rings. The Balaban J connectivity index is 3.96. The lowest BCUT2D eigenvalue weighted by Gasteiger charge is -1.89. The van der Waals surface area contributed by atoms with E-state index in [4.69, 9.17) is 5.11 Å². The van der Waals surface area contributed by atoms with Crippen LogP contribution in [0.5, 0.6) is 0 Å². The van der Waals surface area contributed by atoms with E-state index in [1.165, 1.54) is 5.57 Å². The highest BCUT2D eigenvalue weighted by atomic mass is 16.2. The van der Waals surface area contributed by atoms with E-state index in [1.807, 2.05) is 25.2 Å². The maximum absolute atomic E-state index is 8.52. The lowest BCUT2D eigenvalue weighted by Crippen LogP contribution is -1.69. The third-order valence-corrected chi connectivity index (χ3v) is 1.50. The Morgan fingerprint density at radius 2 is 2.00 bits per heavy atom. The first kappa shape index (κ1) is 10.0. The number of hydrogen-bond donors (Lipinski definition) is 1. The van der Waals surface area contributed by atoms with Crippen LogP contribution in [-0.2, 0) is 0 Å². The van der Waals surface area contributed by atoms with Crippen molar-refractivity contribution in [1.29, 1.82) is 0 Å². The molecule has 0 heterocycles. The average Bonchev–Trinajstić information content (AvgIpc) is 2.04. The highest BCUT2D eigenvalue weighted by molar-refractivity contribution is 5.20. The van der Waals surface area contributed by atoms with Gasteiger partial charge in [-0.2, -0.15) is 0 Å². The van der Waals surface area contributed by atoms with E-state index in [9.17, 15) is 0 Å². The molecule has 0 amide bonds. The van der Waals surface area contributed by atoms with E-state index >= 15 is 0 Å². The van der Waals surface area contributed by atoms with Crippen LogP contribution < -0.4 is 0 Å². The van der Waals surface area contributed by atoms with Gasteiger partial charge in [0.1, 0.15) is 0 Å².